The number of rotatable bonds is 2. The van der Waals surface area contributed by atoms with Gasteiger partial charge < -0.3 is 0 Å². The van der Waals surface area contributed by atoms with Crippen molar-refractivity contribution in [2.75, 3.05) is 7.05 Å². The van der Waals surface area contributed by atoms with E-state index in [2.05, 4.69) is 10.8 Å². The summed E-state index contributed by atoms with van der Waals surface area (Å²) in [5.41, 5.74) is 0. The quantitative estimate of drug-likeness (QED) is 0.781. The molecule has 0 saturated carbocycles. The number of benzene rings is 1. The second-order valence-corrected chi connectivity index (χ2v) is 3.83. The monoisotopic (exact) mass is 259 g/mol. The van der Waals surface area contributed by atoms with Gasteiger partial charge in [-0.15, -0.1) is 0 Å². The van der Waals surface area contributed by atoms with Crippen molar-refractivity contribution in [3.05, 3.63) is 30.3 Å². The molecule has 1 radical (unpaired) electrons. The molecule has 0 fully saturated rings. The molecule has 0 amide bonds. The molecule has 0 bridgehead atoms. The van der Waals surface area contributed by atoms with Gasteiger partial charge in [0.1, 0.15) is 0 Å². The molecule has 0 atom stereocenters. The number of sulfonamides is 1. The molecule has 0 aliphatic rings. The van der Waals surface area contributed by atoms with E-state index in [4.69, 9.17) is 0 Å². The molecule has 0 aliphatic carbocycles. The first-order valence-electron chi connectivity index (χ1n) is 3.06. The van der Waals surface area contributed by atoms with Crippen molar-refractivity contribution in [1.82, 2.24) is 4.72 Å². The van der Waals surface area contributed by atoms with Crippen LogP contribution in [0, 0.1) is 6.07 Å². The Balaban J connectivity index is 0.00000121. The predicted octanol–water partition coefficient (Wildman–Crippen LogP) is 0.392. The summed E-state index contributed by atoms with van der Waals surface area (Å²) < 4.78 is 24.4. The molecule has 1 N–H and O–H groups in total. The fraction of sp³-hybridized carbons (Fsp3) is 0.143. The van der Waals surface area contributed by atoms with E-state index in [1.807, 2.05) is 0 Å². The van der Waals surface area contributed by atoms with Crippen LogP contribution in [0.4, 0.5) is 0 Å². The van der Waals surface area contributed by atoms with E-state index in [0.717, 1.165) is 0 Å². The summed E-state index contributed by atoms with van der Waals surface area (Å²) in [7, 11) is -1.89. The molecule has 63 valence electrons. The van der Waals surface area contributed by atoms with Crippen LogP contribution >= 0.6 is 0 Å². The first-order chi connectivity index (χ1) is 5.17. The van der Waals surface area contributed by atoms with E-state index in [0.29, 0.717) is 0 Å². The van der Waals surface area contributed by atoms with Crippen molar-refractivity contribution < 1.29 is 41.1 Å². The summed E-state index contributed by atoms with van der Waals surface area (Å²) in [4.78, 5) is 0.263. The Hall–Kier alpha value is 0.234. The van der Waals surface area contributed by atoms with Crippen LogP contribution in [0.25, 0.3) is 0 Å². The molecule has 0 heterocycles. The van der Waals surface area contributed by atoms with Gasteiger partial charge in [-0.1, -0.05) is 0 Å². The van der Waals surface area contributed by atoms with Crippen molar-refractivity contribution in [3.63, 3.8) is 0 Å². The summed E-state index contributed by atoms with van der Waals surface area (Å²) in [6, 6.07) is 8.84. The van der Waals surface area contributed by atoms with Gasteiger partial charge >= 0.3 is 0 Å². The van der Waals surface area contributed by atoms with Gasteiger partial charge in [-0.05, 0) is 11.9 Å². The SMILES string of the molecule is CNS(=O)(=O)c1cc[c-]cc1.[Y]. The van der Waals surface area contributed by atoms with Crippen LogP contribution in [-0.2, 0) is 42.7 Å². The second-order valence-electron chi connectivity index (χ2n) is 1.94. The van der Waals surface area contributed by atoms with Crippen LogP contribution in [-0.4, -0.2) is 15.5 Å². The minimum Gasteiger partial charge on any atom is -0.216 e. The summed E-state index contributed by atoms with van der Waals surface area (Å²) in [5, 5.41) is 0. The normalized spacial score (nSPS) is 10.4. The van der Waals surface area contributed by atoms with Crippen LogP contribution in [0.1, 0.15) is 0 Å². The zero-order valence-electron chi connectivity index (χ0n) is 6.61. The molecule has 5 heteroatoms. The zero-order valence-corrected chi connectivity index (χ0v) is 10.3. The molecular formula is C7H8NO2SY-. The van der Waals surface area contributed by atoms with Gasteiger partial charge in [0, 0.05) is 32.7 Å². The fourth-order valence-corrected chi connectivity index (χ4v) is 1.40. The topological polar surface area (TPSA) is 46.2 Å². The molecule has 1 aromatic carbocycles. The minimum atomic E-state index is -3.27. The van der Waals surface area contributed by atoms with Crippen LogP contribution in [0.15, 0.2) is 29.2 Å². The first-order valence-corrected chi connectivity index (χ1v) is 4.55. The molecule has 0 spiro atoms. The van der Waals surface area contributed by atoms with E-state index in [1.54, 1.807) is 12.1 Å². The Bertz CT molecular complexity index is 323. The third-order valence-electron chi connectivity index (χ3n) is 1.27. The van der Waals surface area contributed by atoms with Gasteiger partial charge in [0.15, 0.2) is 0 Å². The smallest absolute Gasteiger partial charge is 0.216 e. The number of hydrogen-bond donors (Lipinski definition) is 1. The molecule has 0 unspecified atom stereocenters. The predicted molar refractivity (Wildman–Crippen MR) is 41.5 cm³/mol. The molecule has 12 heavy (non-hydrogen) atoms. The largest absolute Gasteiger partial charge is 0.217 e. The third-order valence-corrected chi connectivity index (χ3v) is 2.70. The van der Waals surface area contributed by atoms with Crippen LogP contribution in [0.5, 0.6) is 0 Å². The van der Waals surface area contributed by atoms with Gasteiger partial charge in [0.25, 0.3) is 0 Å². The zero-order chi connectivity index (χ0) is 8.32. The van der Waals surface area contributed by atoms with Crippen LogP contribution in [0.2, 0.25) is 0 Å². The minimum absolute atomic E-state index is 0. The van der Waals surface area contributed by atoms with Crippen molar-refractivity contribution in [3.8, 4) is 0 Å². The number of hydrogen-bond acceptors (Lipinski definition) is 2. The van der Waals surface area contributed by atoms with E-state index in [1.165, 1.54) is 19.2 Å². The summed E-state index contributed by atoms with van der Waals surface area (Å²) in [6.07, 6.45) is 0. The molecule has 1 aromatic rings. The maximum atomic E-state index is 11.1. The molecule has 0 aliphatic heterocycles. The van der Waals surface area contributed by atoms with E-state index >= 15 is 0 Å². The van der Waals surface area contributed by atoms with Gasteiger partial charge in [-0.25, -0.2) is 13.1 Å². The molecule has 0 saturated heterocycles. The van der Waals surface area contributed by atoms with Crippen molar-refractivity contribution in [2.45, 2.75) is 4.90 Å². The third kappa shape index (κ3) is 2.94. The Kier molecular flexibility index (Phi) is 5.17. The molecular weight excluding hydrogens is 251 g/mol. The summed E-state index contributed by atoms with van der Waals surface area (Å²) >= 11 is 0. The maximum Gasteiger partial charge on any atom is 0.217 e. The Morgan fingerprint density at radius 1 is 1.33 bits per heavy atom. The Morgan fingerprint density at radius 3 is 2.25 bits per heavy atom. The van der Waals surface area contributed by atoms with Gasteiger partial charge in [0.2, 0.25) is 10.0 Å². The molecule has 1 rings (SSSR count). The first kappa shape index (κ1) is 12.2. The average molecular weight is 259 g/mol. The summed E-state index contributed by atoms with van der Waals surface area (Å²) in [5.74, 6) is 0. The van der Waals surface area contributed by atoms with E-state index in [-0.39, 0.29) is 37.6 Å². The van der Waals surface area contributed by atoms with Gasteiger partial charge in [0.05, 0.1) is 0 Å². The van der Waals surface area contributed by atoms with Gasteiger partial charge in [-0.3, -0.25) is 0 Å². The van der Waals surface area contributed by atoms with Crippen molar-refractivity contribution in [1.29, 1.82) is 0 Å². The van der Waals surface area contributed by atoms with E-state index in [9.17, 15) is 8.42 Å². The molecule has 3 nitrogen and oxygen atoms in total. The molecule has 0 aromatic heterocycles. The van der Waals surface area contributed by atoms with E-state index < -0.39 is 10.0 Å². The summed E-state index contributed by atoms with van der Waals surface area (Å²) in [6.45, 7) is 0. The van der Waals surface area contributed by atoms with Crippen molar-refractivity contribution >= 4 is 10.0 Å². The second kappa shape index (κ2) is 5.07. The van der Waals surface area contributed by atoms with Crippen molar-refractivity contribution in [2.24, 2.45) is 0 Å². The van der Waals surface area contributed by atoms with Crippen LogP contribution in [0.3, 0.4) is 0 Å². The maximum absolute atomic E-state index is 11.1. The Labute approximate surface area is 97.5 Å². The van der Waals surface area contributed by atoms with Gasteiger partial charge in [-0.2, -0.15) is 30.3 Å². The standard InChI is InChI=1S/C7H8NO2S.Y/c1-8-11(9,10)7-5-3-2-4-6-7;/h3-6,8H,1H3;/q-1;. The fourth-order valence-electron chi connectivity index (χ4n) is 0.669. The number of nitrogens with one attached hydrogen (secondary N) is 1. The average Bonchev–Trinajstić information content (AvgIpc) is 2.06. The Morgan fingerprint density at radius 2 is 1.83 bits per heavy atom. The van der Waals surface area contributed by atoms with Crippen LogP contribution < -0.4 is 4.72 Å².